The second-order valence-electron chi connectivity index (χ2n) is 6.78. The Bertz CT molecular complexity index is 860. The van der Waals surface area contributed by atoms with E-state index < -0.39 is 0 Å². The summed E-state index contributed by atoms with van der Waals surface area (Å²) < 4.78 is 7.41. The molecule has 27 heavy (non-hydrogen) atoms. The molecule has 5 nitrogen and oxygen atoms in total. The molecule has 2 aromatic rings. The maximum atomic E-state index is 12.6. The molecule has 0 radical (unpaired) electrons. The number of amides is 1. The maximum Gasteiger partial charge on any atom is 0.262 e. The van der Waals surface area contributed by atoms with E-state index in [0.29, 0.717) is 6.61 Å². The Hall–Kier alpha value is -2.84. The van der Waals surface area contributed by atoms with Crippen molar-refractivity contribution in [3.05, 3.63) is 64.5 Å². The topological polar surface area (TPSA) is 67.0 Å². The van der Waals surface area contributed by atoms with Crippen molar-refractivity contribution < 1.29 is 9.53 Å². The van der Waals surface area contributed by atoms with Crippen LogP contribution in [-0.4, -0.2) is 24.2 Å². The van der Waals surface area contributed by atoms with Crippen molar-refractivity contribution in [3.8, 4) is 6.07 Å². The van der Waals surface area contributed by atoms with Crippen LogP contribution < -0.4 is 5.32 Å². The van der Waals surface area contributed by atoms with Gasteiger partial charge in [-0.25, -0.2) is 0 Å². The van der Waals surface area contributed by atoms with Crippen LogP contribution in [0.4, 0.5) is 0 Å². The highest BCUT2D eigenvalue weighted by Gasteiger charge is 2.17. The Morgan fingerprint density at radius 3 is 2.56 bits per heavy atom. The lowest BCUT2D eigenvalue weighted by atomic mass is 10.1. The molecule has 5 heteroatoms. The molecular weight excluding hydrogens is 338 g/mol. The second-order valence-corrected chi connectivity index (χ2v) is 6.78. The van der Waals surface area contributed by atoms with Crippen molar-refractivity contribution in [2.24, 2.45) is 0 Å². The van der Waals surface area contributed by atoms with Gasteiger partial charge in [0.05, 0.1) is 18.7 Å². The van der Waals surface area contributed by atoms with E-state index in [1.54, 1.807) is 13.2 Å². The van der Waals surface area contributed by atoms with Crippen LogP contribution in [0, 0.1) is 25.2 Å². The molecule has 0 aliphatic carbocycles. The molecule has 1 amide bonds. The van der Waals surface area contributed by atoms with Gasteiger partial charge in [-0.15, -0.1) is 0 Å². The van der Waals surface area contributed by atoms with E-state index in [0.717, 1.165) is 22.5 Å². The van der Waals surface area contributed by atoms with Gasteiger partial charge in [0.15, 0.2) is 0 Å². The third-order valence-corrected chi connectivity index (χ3v) is 4.68. The number of rotatable bonds is 7. The summed E-state index contributed by atoms with van der Waals surface area (Å²) in [4.78, 5) is 12.6. The van der Waals surface area contributed by atoms with Crippen LogP contribution in [0.3, 0.4) is 0 Å². The lowest BCUT2D eigenvalue weighted by Gasteiger charge is -2.17. The summed E-state index contributed by atoms with van der Waals surface area (Å²) in [6.07, 6.45) is 1.66. The molecule has 2 unspecified atom stereocenters. The smallest absolute Gasteiger partial charge is 0.262 e. The van der Waals surface area contributed by atoms with Crippen LogP contribution >= 0.6 is 0 Å². The standard InChI is InChI=1S/C22H27N3O2/c1-15-11-20(18(4)25(15)16(2)14-27-5)12-21(13-23)22(26)24-17(3)19-9-7-6-8-10-19/h6-12,16-17H,14H2,1-5H3,(H,24,26)/b21-12+. The predicted octanol–water partition coefficient (Wildman–Crippen LogP) is 4.10. The normalized spacial score (nSPS) is 13.7. The van der Waals surface area contributed by atoms with Gasteiger partial charge in [-0.05, 0) is 51.0 Å². The van der Waals surface area contributed by atoms with Crippen molar-refractivity contribution in [2.45, 2.75) is 39.8 Å². The highest BCUT2D eigenvalue weighted by molar-refractivity contribution is 6.02. The zero-order valence-electron chi connectivity index (χ0n) is 16.6. The van der Waals surface area contributed by atoms with E-state index in [1.165, 1.54) is 0 Å². The molecule has 142 valence electrons. The minimum Gasteiger partial charge on any atom is -0.383 e. The van der Waals surface area contributed by atoms with Gasteiger partial charge in [-0.1, -0.05) is 30.3 Å². The fourth-order valence-corrected chi connectivity index (χ4v) is 3.35. The van der Waals surface area contributed by atoms with Gasteiger partial charge in [0.25, 0.3) is 5.91 Å². The molecular formula is C22H27N3O2. The van der Waals surface area contributed by atoms with Crippen molar-refractivity contribution in [1.29, 1.82) is 5.26 Å². The lowest BCUT2D eigenvalue weighted by Crippen LogP contribution is -2.27. The number of hydrogen-bond acceptors (Lipinski definition) is 3. The Labute approximate surface area is 161 Å². The van der Waals surface area contributed by atoms with Gasteiger partial charge in [-0.2, -0.15) is 5.26 Å². The lowest BCUT2D eigenvalue weighted by molar-refractivity contribution is -0.117. The Morgan fingerprint density at radius 2 is 1.96 bits per heavy atom. The summed E-state index contributed by atoms with van der Waals surface area (Å²) in [5.41, 5.74) is 4.04. The minimum atomic E-state index is -0.372. The first kappa shape index (κ1) is 20.5. The van der Waals surface area contributed by atoms with Crippen LogP contribution in [-0.2, 0) is 9.53 Å². The van der Waals surface area contributed by atoms with Gasteiger partial charge < -0.3 is 14.6 Å². The number of aromatic nitrogens is 1. The largest absolute Gasteiger partial charge is 0.383 e. The summed E-state index contributed by atoms with van der Waals surface area (Å²) in [5, 5.41) is 12.4. The first-order valence-corrected chi connectivity index (χ1v) is 9.04. The molecule has 0 saturated carbocycles. The number of nitriles is 1. The molecule has 2 atom stereocenters. The Balaban J connectivity index is 2.24. The number of aryl methyl sites for hydroxylation is 1. The number of methoxy groups -OCH3 is 1. The fraction of sp³-hybridized carbons (Fsp3) is 0.364. The van der Waals surface area contributed by atoms with Crippen LogP contribution in [0.2, 0.25) is 0 Å². The number of carbonyl (C=O) groups is 1. The predicted molar refractivity (Wildman–Crippen MR) is 107 cm³/mol. The molecule has 2 rings (SSSR count). The van der Waals surface area contributed by atoms with Crippen LogP contribution in [0.15, 0.2) is 42.0 Å². The summed E-state index contributed by atoms with van der Waals surface area (Å²) in [6.45, 7) is 8.58. The third kappa shape index (κ3) is 4.87. The highest BCUT2D eigenvalue weighted by Crippen LogP contribution is 2.23. The molecule has 0 aliphatic heterocycles. The van der Waals surface area contributed by atoms with Crippen LogP contribution in [0.5, 0.6) is 0 Å². The van der Waals surface area contributed by atoms with E-state index in [4.69, 9.17) is 4.74 Å². The maximum absolute atomic E-state index is 12.6. The number of nitrogens with zero attached hydrogens (tertiary/aromatic N) is 2. The van der Waals surface area contributed by atoms with E-state index in [1.807, 2.05) is 63.2 Å². The quantitative estimate of drug-likeness (QED) is 0.593. The third-order valence-electron chi connectivity index (χ3n) is 4.68. The number of benzene rings is 1. The van der Waals surface area contributed by atoms with Crippen molar-refractivity contribution in [1.82, 2.24) is 9.88 Å². The summed E-state index contributed by atoms with van der Waals surface area (Å²) in [6, 6.07) is 13.7. The fourth-order valence-electron chi connectivity index (χ4n) is 3.35. The monoisotopic (exact) mass is 365 g/mol. The van der Waals surface area contributed by atoms with E-state index in [9.17, 15) is 10.1 Å². The van der Waals surface area contributed by atoms with Gasteiger partial charge >= 0.3 is 0 Å². The molecule has 1 aromatic heterocycles. The zero-order valence-corrected chi connectivity index (χ0v) is 16.6. The Morgan fingerprint density at radius 1 is 1.30 bits per heavy atom. The number of ether oxygens (including phenoxy) is 1. The summed E-state index contributed by atoms with van der Waals surface area (Å²) in [7, 11) is 1.68. The van der Waals surface area contributed by atoms with Crippen LogP contribution in [0.1, 0.15) is 48.4 Å². The molecule has 0 bridgehead atoms. The summed E-state index contributed by atoms with van der Waals surface area (Å²) in [5.74, 6) is -0.372. The average Bonchev–Trinajstić information content (AvgIpc) is 2.93. The first-order chi connectivity index (χ1) is 12.9. The molecule has 0 aliphatic rings. The molecule has 1 N–H and O–H groups in total. The minimum absolute atomic E-state index is 0.0948. The van der Waals surface area contributed by atoms with E-state index >= 15 is 0 Å². The average molecular weight is 365 g/mol. The number of hydrogen-bond donors (Lipinski definition) is 1. The summed E-state index contributed by atoms with van der Waals surface area (Å²) >= 11 is 0. The van der Waals surface area contributed by atoms with Crippen LogP contribution in [0.25, 0.3) is 6.08 Å². The molecule has 0 spiro atoms. The van der Waals surface area contributed by atoms with E-state index in [-0.39, 0.29) is 23.6 Å². The zero-order chi connectivity index (χ0) is 20.0. The molecule has 1 heterocycles. The second kappa shape index (κ2) is 9.20. The highest BCUT2D eigenvalue weighted by atomic mass is 16.5. The first-order valence-electron chi connectivity index (χ1n) is 9.04. The van der Waals surface area contributed by atoms with Crippen molar-refractivity contribution in [3.63, 3.8) is 0 Å². The molecule has 1 aromatic carbocycles. The molecule has 0 fully saturated rings. The Kier molecular flexibility index (Phi) is 6.98. The van der Waals surface area contributed by atoms with Gasteiger partial charge in [0.2, 0.25) is 0 Å². The van der Waals surface area contributed by atoms with Gasteiger partial charge in [0.1, 0.15) is 11.6 Å². The van der Waals surface area contributed by atoms with Crippen molar-refractivity contribution >= 4 is 12.0 Å². The molecule has 0 saturated heterocycles. The van der Waals surface area contributed by atoms with Crippen molar-refractivity contribution in [2.75, 3.05) is 13.7 Å². The van der Waals surface area contributed by atoms with Gasteiger partial charge in [-0.3, -0.25) is 4.79 Å². The SMILES string of the molecule is COCC(C)n1c(C)cc(/C=C(\C#N)C(=O)NC(C)c2ccccc2)c1C. The van der Waals surface area contributed by atoms with E-state index in [2.05, 4.69) is 16.8 Å². The number of nitrogens with one attached hydrogen (secondary N) is 1. The van der Waals surface area contributed by atoms with Gasteiger partial charge in [0, 0.05) is 18.5 Å². The number of carbonyl (C=O) groups excluding carboxylic acids is 1.